The molecule has 0 spiro atoms. The van der Waals surface area contributed by atoms with Crippen molar-refractivity contribution in [3.8, 4) is 5.75 Å². The second-order valence-corrected chi connectivity index (χ2v) is 6.78. The van der Waals surface area contributed by atoms with Gasteiger partial charge in [0, 0.05) is 12.9 Å². The highest BCUT2D eigenvalue weighted by atomic mass is 32.2. The molecule has 0 saturated heterocycles. The molecule has 4 nitrogen and oxygen atoms in total. The standard InChI is InChI=1S/C13H20O4S/c1-17-13-5-3-4-11(9-13)8-12(10-14)6-7-18(2,15)16/h3-5,9,12,14H,6-8,10H2,1-2H3. The summed E-state index contributed by atoms with van der Waals surface area (Å²) in [4.78, 5) is 0. The van der Waals surface area contributed by atoms with Crippen LogP contribution in [0.3, 0.4) is 0 Å². The Hall–Kier alpha value is -1.07. The Morgan fingerprint density at radius 1 is 1.39 bits per heavy atom. The largest absolute Gasteiger partial charge is 0.497 e. The first-order chi connectivity index (χ1) is 8.44. The van der Waals surface area contributed by atoms with E-state index in [4.69, 9.17) is 4.74 Å². The zero-order valence-electron chi connectivity index (χ0n) is 10.8. The van der Waals surface area contributed by atoms with Crippen LogP contribution in [0.2, 0.25) is 0 Å². The van der Waals surface area contributed by atoms with Gasteiger partial charge in [0.05, 0.1) is 12.9 Å². The van der Waals surface area contributed by atoms with Crippen LogP contribution in [-0.2, 0) is 16.3 Å². The van der Waals surface area contributed by atoms with Crippen LogP contribution in [0.25, 0.3) is 0 Å². The average molecular weight is 272 g/mol. The van der Waals surface area contributed by atoms with Gasteiger partial charge in [0.15, 0.2) is 0 Å². The molecule has 18 heavy (non-hydrogen) atoms. The van der Waals surface area contributed by atoms with E-state index in [1.165, 1.54) is 6.26 Å². The molecule has 0 aliphatic carbocycles. The summed E-state index contributed by atoms with van der Waals surface area (Å²) >= 11 is 0. The number of aliphatic hydroxyl groups excluding tert-OH is 1. The summed E-state index contributed by atoms with van der Waals surface area (Å²) in [5.41, 5.74) is 1.04. The first-order valence-electron chi connectivity index (χ1n) is 5.86. The Bertz CT molecular complexity index is 468. The molecule has 1 rings (SSSR count). The first-order valence-corrected chi connectivity index (χ1v) is 7.92. The van der Waals surface area contributed by atoms with E-state index in [0.29, 0.717) is 12.8 Å². The predicted molar refractivity (Wildman–Crippen MR) is 71.6 cm³/mol. The van der Waals surface area contributed by atoms with Crippen molar-refractivity contribution in [2.45, 2.75) is 12.8 Å². The minimum atomic E-state index is -2.97. The number of rotatable bonds is 7. The zero-order chi connectivity index (χ0) is 13.6. The van der Waals surface area contributed by atoms with Gasteiger partial charge >= 0.3 is 0 Å². The third kappa shape index (κ3) is 5.51. The monoisotopic (exact) mass is 272 g/mol. The van der Waals surface area contributed by atoms with Gasteiger partial charge in [-0.05, 0) is 36.5 Å². The van der Waals surface area contributed by atoms with E-state index in [2.05, 4.69) is 0 Å². The van der Waals surface area contributed by atoms with Crippen LogP contribution in [-0.4, -0.2) is 39.2 Å². The van der Waals surface area contributed by atoms with Crippen molar-refractivity contribution in [1.82, 2.24) is 0 Å². The number of methoxy groups -OCH3 is 1. The lowest BCUT2D eigenvalue weighted by atomic mass is 9.98. The number of aliphatic hydroxyl groups is 1. The van der Waals surface area contributed by atoms with Gasteiger partial charge in [0.1, 0.15) is 15.6 Å². The Kier molecular flexibility index (Phi) is 5.62. The van der Waals surface area contributed by atoms with E-state index in [1.54, 1.807) is 7.11 Å². The highest BCUT2D eigenvalue weighted by molar-refractivity contribution is 7.90. The summed E-state index contributed by atoms with van der Waals surface area (Å²) in [6.45, 7) is -0.00721. The zero-order valence-corrected chi connectivity index (χ0v) is 11.6. The van der Waals surface area contributed by atoms with Crippen LogP contribution in [0.1, 0.15) is 12.0 Å². The summed E-state index contributed by atoms with van der Waals surface area (Å²) in [6, 6.07) is 7.60. The fraction of sp³-hybridized carbons (Fsp3) is 0.538. The maximum atomic E-state index is 11.1. The fourth-order valence-electron chi connectivity index (χ4n) is 1.77. The predicted octanol–water partition coefficient (Wildman–Crippen LogP) is 1.28. The fourth-order valence-corrected chi connectivity index (χ4v) is 2.53. The van der Waals surface area contributed by atoms with Crippen molar-refractivity contribution in [3.05, 3.63) is 29.8 Å². The van der Waals surface area contributed by atoms with E-state index in [1.807, 2.05) is 24.3 Å². The van der Waals surface area contributed by atoms with E-state index in [0.717, 1.165) is 11.3 Å². The summed E-state index contributed by atoms with van der Waals surface area (Å²) in [7, 11) is -1.37. The molecule has 0 radical (unpaired) electrons. The normalized spacial score (nSPS) is 13.3. The van der Waals surface area contributed by atoms with E-state index >= 15 is 0 Å². The van der Waals surface area contributed by atoms with Gasteiger partial charge in [-0.2, -0.15) is 0 Å². The Balaban J connectivity index is 2.61. The van der Waals surface area contributed by atoms with Crippen LogP contribution in [0, 0.1) is 5.92 Å². The molecular formula is C13H20O4S. The van der Waals surface area contributed by atoms with E-state index in [9.17, 15) is 13.5 Å². The number of hydrogen-bond acceptors (Lipinski definition) is 4. The molecule has 102 valence electrons. The van der Waals surface area contributed by atoms with Gasteiger partial charge in [-0.3, -0.25) is 0 Å². The third-order valence-electron chi connectivity index (χ3n) is 2.81. The molecule has 1 aromatic rings. The minimum absolute atomic E-state index is 0.00721. The van der Waals surface area contributed by atoms with Crippen molar-refractivity contribution in [2.24, 2.45) is 5.92 Å². The quantitative estimate of drug-likeness (QED) is 0.812. The number of ether oxygens (including phenoxy) is 1. The highest BCUT2D eigenvalue weighted by Gasteiger charge is 2.12. The minimum Gasteiger partial charge on any atom is -0.497 e. The van der Waals surface area contributed by atoms with Gasteiger partial charge in [-0.15, -0.1) is 0 Å². The molecule has 0 saturated carbocycles. The van der Waals surface area contributed by atoms with Gasteiger partial charge < -0.3 is 9.84 Å². The number of hydrogen-bond donors (Lipinski definition) is 1. The molecule has 0 aliphatic rings. The summed E-state index contributed by atoms with van der Waals surface area (Å²) < 4.78 is 27.3. The van der Waals surface area contributed by atoms with Crippen molar-refractivity contribution in [3.63, 3.8) is 0 Å². The number of benzene rings is 1. The van der Waals surface area contributed by atoms with Gasteiger partial charge in [-0.25, -0.2) is 8.42 Å². The molecule has 0 aromatic heterocycles. The SMILES string of the molecule is COc1cccc(CC(CO)CCS(C)(=O)=O)c1. The molecule has 5 heteroatoms. The second-order valence-electron chi connectivity index (χ2n) is 4.52. The van der Waals surface area contributed by atoms with Crippen molar-refractivity contribution in [2.75, 3.05) is 25.7 Å². The van der Waals surface area contributed by atoms with Crippen molar-refractivity contribution >= 4 is 9.84 Å². The maximum absolute atomic E-state index is 11.1. The molecule has 1 atom stereocenters. The third-order valence-corrected chi connectivity index (χ3v) is 3.79. The van der Waals surface area contributed by atoms with Crippen LogP contribution >= 0.6 is 0 Å². The van der Waals surface area contributed by atoms with Crippen LogP contribution in [0.5, 0.6) is 5.75 Å². The molecule has 0 aliphatic heterocycles. The Morgan fingerprint density at radius 2 is 2.11 bits per heavy atom. The highest BCUT2D eigenvalue weighted by Crippen LogP contribution is 2.17. The van der Waals surface area contributed by atoms with Gasteiger partial charge in [0.2, 0.25) is 0 Å². The molecular weight excluding hydrogens is 252 g/mol. The molecule has 1 N–H and O–H groups in total. The summed E-state index contributed by atoms with van der Waals surface area (Å²) in [5.74, 6) is 0.849. The van der Waals surface area contributed by atoms with E-state index < -0.39 is 9.84 Å². The smallest absolute Gasteiger partial charge is 0.147 e. The Morgan fingerprint density at radius 3 is 2.67 bits per heavy atom. The lowest BCUT2D eigenvalue weighted by Gasteiger charge is -2.14. The average Bonchev–Trinajstić information content (AvgIpc) is 2.33. The van der Waals surface area contributed by atoms with Crippen LogP contribution < -0.4 is 4.74 Å². The second kappa shape index (κ2) is 6.75. The van der Waals surface area contributed by atoms with Gasteiger partial charge in [0.25, 0.3) is 0 Å². The van der Waals surface area contributed by atoms with Crippen LogP contribution in [0.4, 0.5) is 0 Å². The molecule has 1 aromatic carbocycles. The van der Waals surface area contributed by atoms with Crippen molar-refractivity contribution < 1.29 is 18.3 Å². The summed E-state index contributed by atoms with van der Waals surface area (Å²) in [5, 5.41) is 9.28. The van der Waals surface area contributed by atoms with E-state index in [-0.39, 0.29) is 18.3 Å². The van der Waals surface area contributed by atoms with Crippen LogP contribution in [0.15, 0.2) is 24.3 Å². The number of sulfone groups is 1. The molecule has 0 amide bonds. The topological polar surface area (TPSA) is 63.6 Å². The maximum Gasteiger partial charge on any atom is 0.147 e. The molecule has 0 heterocycles. The van der Waals surface area contributed by atoms with Gasteiger partial charge in [-0.1, -0.05) is 12.1 Å². The summed E-state index contributed by atoms with van der Waals surface area (Å²) in [6.07, 6.45) is 2.35. The lowest BCUT2D eigenvalue weighted by molar-refractivity contribution is 0.222. The first kappa shape index (κ1) is 15.0. The molecule has 1 unspecified atom stereocenters. The molecule has 0 fully saturated rings. The lowest BCUT2D eigenvalue weighted by Crippen LogP contribution is -2.15. The van der Waals surface area contributed by atoms with Crippen molar-refractivity contribution in [1.29, 1.82) is 0 Å². The molecule has 0 bridgehead atoms. The Labute approximate surface area is 109 Å².